The van der Waals surface area contributed by atoms with E-state index in [4.69, 9.17) is 4.74 Å². The van der Waals surface area contributed by atoms with Crippen LogP contribution in [0.25, 0.3) is 0 Å². The summed E-state index contributed by atoms with van der Waals surface area (Å²) in [6.07, 6.45) is 5.72. The van der Waals surface area contributed by atoms with Crippen LogP contribution in [0.5, 0.6) is 0 Å². The summed E-state index contributed by atoms with van der Waals surface area (Å²) in [6, 6.07) is 7.03. The molecule has 1 N–H and O–H groups in total. The average Bonchev–Trinajstić information content (AvgIpc) is 3.42. The molecular formula is C20H31FIN3O. The second kappa shape index (κ2) is 9.88. The Balaban J connectivity index is 0.00000243. The topological polar surface area (TPSA) is 36.9 Å². The zero-order chi connectivity index (χ0) is 17.7. The van der Waals surface area contributed by atoms with E-state index in [1.54, 1.807) is 12.1 Å². The zero-order valence-electron chi connectivity index (χ0n) is 15.8. The first-order chi connectivity index (χ1) is 12.1. The summed E-state index contributed by atoms with van der Waals surface area (Å²) >= 11 is 0. The van der Waals surface area contributed by atoms with Crippen molar-refractivity contribution in [1.29, 1.82) is 0 Å². The van der Waals surface area contributed by atoms with Gasteiger partial charge >= 0.3 is 0 Å². The highest BCUT2D eigenvalue weighted by Gasteiger charge is 2.44. The zero-order valence-corrected chi connectivity index (χ0v) is 18.2. The van der Waals surface area contributed by atoms with Gasteiger partial charge in [-0.2, -0.15) is 0 Å². The number of ether oxygens (including phenoxy) is 1. The van der Waals surface area contributed by atoms with Gasteiger partial charge in [0.2, 0.25) is 0 Å². The van der Waals surface area contributed by atoms with Gasteiger partial charge in [-0.1, -0.05) is 12.1 Å². The lowest BCUT2D eigenvalue weighted by molar-refractivity contribution is 0.0625. The van der Waals surface area contributed by atoms with E-state index in [1.165, 1.54) is 25.3 Å². The van der Waals surface area contributed by atoms with E-state index in [0.29, 0.717) is 0 Å². The summed E-state index contributed by atoms with van der Waals surface area (Å²) < 4.78 is 19.0. The number of nitrogens with one attached hydrogen (secondary N) is 1. The molecule has 1 aliphatic heterocycles. The lowest BCUT2D eigenvalue weighted by Crippen LogP contribution is -2.43. The first kappa shape index (κ1) is 21.4. The van der Waals surface area contributed by atoms with Crippen molar-refractivity contribution in [1.82, 2.24) is 10.2 Å². The van der Waals surface area contributed by atoms with Crippen LogP contribution < -0.4 is 5.32 Å². The molecule has 0 radical (unpaired) electrons. The van der Waals surface area contributed by atoms with Gasteiger partial charge < -0.3 is 15.0 Å². The molecular weight excluding hydrogens is 444 g/mol. The van der Waals surface area contributed by atoms with E-state index < -0.39 is 0 Å². The van der Waals surface area contributed by atoms with Crippen molar-refractivity contribution in [3.05, 3.63) is 35.6 Å². The highest BCUT2D eigenvalue weighted by Crippen LogP contribution is 2.47. The Morgan fingerprint density at radius 1 is 1.35 bits per heavy atom. The normalized spacial score (nSPS) is 19.6. The van der Waals surface area contributed by atoms with Gasteiger partial charge in [-0.25, -0.2) is 4.39 Å². The molecule has 0 unspecified atom stereocenters. The Morgan fingerprint density at radius 2 is 2.08 bits per heavy atom. The van der Waals surface area contributed by atoms with E-state index in [1.807, 2.05) is 13.1 Å². The molecule has 1 saturated carbocycles. The van der Waals surface area contributed by atoms with Crippen LogP contribution >= 0.6 is 24.0 Å². The first-order valence-electron chi connectivity index (χ1n) is 9.38. The van der Waals surface area contributed by atoms with Crippen LogP contribution in [0.15, 0.2) is 29.3 Å². The third-order valence-corrected chi connectivity index (χ3v) is 5.66. The molecule has 1 aromatic carbocycles. The number of benzene rings is 1. The Kier molecular flexibility index (Phi) is 8.13. The molecule has 1 heterocycles. The third kappa shape index (κ3) is 5.55. The van der Waals surface area contributed by atoms with E-state index in [9.17, 15) is 4.39 Å². The molecule has 146 valence electrons. The SMILES string of the molecule is CN=C(NCC1(c2cccc(F)c2)CC1)N(C)CCC1CCOCC1.I. The third-order valence-electron chi connectivity index (χ3n) is 5.66. The molecule has 2 aliphatic rings. The Morgan fingerprint density at radius 3 is 2.69 bits per heavy atom. The summed E-state index contributed by atoms with van der Waals surface area (Å²) in [5, 5.41) is 3.51. The molecule has 0 atom stereocenters. The second-order valence-electron chi connectivity index (χ2n) is 7.46. The number of hydrogen-bond acceptors (Lipinski definition) is 2. The molecule has 0 bridgehead atoms. The quantitative estimate of drug-likeness (QED) is 0.387. The molecule has 0 spiro atoms. The van der Waals surface area contributed by atoms with Gasteiger partial charge in [-0.15, -0.1) is 24.0 Å². The van der Waals surface area contributed by atoms with Crippen LogP contribution in [-0.4, -0.2) is 51.3 Å². The van der Waals surface area contributed by atoms with Crippen molar-refractivity contribution in [2.75, 3.05) is 40.4 Å². The fourth-order valence-electron chi connectivity index (χ4n) is 3.69. The van der Waals surface area contributed by atoms with Crippen LogP contribution in [0.4, 0.5) is 4.39 Å². The van der Waals surface area contributed by atoms with Gasteiger partial charge in [0, 0.05) is 45.8 Å². The number of guanidine groups is 1. The summed E-state index contributed by atoms with van der Waals surface area (Å²) in [4.78, 5) is 6.63. The predicted octanol–water partition coefficient (Wildman–Crippen LogP) is 3.80. The van der Waals surface area contributed by atoms with Gasteiger partial charge in [0.1, 0.15) is 5.82 Å². The standard InChI is InChI=1S/C20H30FN3O.HI/c1-22-19(24(2)11-6-16-7-12-25-13-8-16)23-15-20(9-10-20)17-4-3-5-18(21)14-17;/h3-5,14,16H,6-13,15H2,1-2H3,(H,22,23);1H. The Hall–Kier alpha value is -0.890. The number of hydrogen-bond donors (Lipinski definition) is 1. The van der Waals surface area contributed by atoms with Crippen LogP contribution in [0.2, 0.25) is 0 Å². The molecule has 1 saturated heterocycles. The Labute approximate surface area is 173 Å². The fourth-order valence-corrected chi connectivity index (χ4v) is 3.69. The minimum absolute atomic E-state index is 0. The summed E-state index contributed by atoms with van der Waals surface area (Å²) in [7, 11) is 3.92. The van der Waals surface area contributed by atoms with E-state index >= 15 is 0 Å². The van der Waals surface area contributed by atoms with Crippen LogP contribution in [-0.2, 0) is 10.2 Å². The minimum Gasteiger partial charge on any atom is -0.381 e. The summed E-state index contributed by atoms with van der Waals surface area (Å²) in [6.45, 7) is 3.61. The maximum absolute atomic E-state index is 13.5. The highest BCUT2D eigenvalue weighted by atomic mass is 127. The van der Waals surface area contributed by atoms with E-state index in [2.05, 4.69) is 22.3 Å². The summed E-state index contributed by atoms with van der Waals surface area (Å²) in [5.41, 5.74) is 1.17. The van der Waals surface area contributed by atoms with Crippen molar-refractivity contribution < 1.29 is 9.13 Å². The predicted molar refractivity (Wildman–Crippen MR) is 115 cm³/mol. The highest BCUT2D eigenvalue weighted by molar-refractivity contribution is 14.0. The number of halogens is 2. The maximum atomic E-state index is 13.5. The summed E-state index contributed by atoms with van der Waals surface area (Å²) in [5.74, 6) is 1.54. The van der Waals surface area contributed by atoms with Crippen molar-refractivity contribution in [3.8, 4) is 0 Å². The number of rotatable bonds is 6. The largest absolute Gasteiger partial charge is 0.381 e. The van der Waals surface area contributed by atoms with Crippen LogP contribution in [0.1, 0.15) is 37.7 Å². The van der Waals surface area contributed by atoms with Gasteiger partial charge in [-0.3, -0.25) is 4.99 Å². The van der Waals surface area contributed by atoms with Gasteiger partial charge in [0.05, 0.1) is 0 Å². The van der Waals surface area contributed by atoms with Gasteiger partial charge in [0.15, 0.2) is 5.96 Å². The number of aliphatic imine (C=N–C) groups is 1. The van der Waals surface area contributed by atoms with Gasteiger partial charge in [0.25, 0.3) is 0 Å². The maximum Gasteiger partial charge on any atom is 0.193 e. The van der Waals surface area contributed by atoms with Gasteiger partial charge in [-0.05, 0) is 55.7 Å². The molecule has 4 nitrogen and oxygen atoms in total. The van der Waals surface area contributed by atoms with Crippen molar-refractivity contribution in [2.24, 2.45) is 10.9 Å². The molecule has 26 heavy (non-hydrogen) atoms. The monoisotopic (exact) mass is 475 g/mol. The van der Waals surface area contributed by atoms with E-state index in [-0.39, 0.29) is 35.2 Å². The lowest BCUT2D eigenvalue weighted by atomic mass is 9.96. The van der Waals surface area contributed by atoms with Crippen LogP contribution in [0.3, 0.4) is 0 Å². The minimum atomic E-state index is -0.151. The van der Waals surface area contributed by atoms with Crippen molar-refractivity contribution in [3.63, 3.8) is 0 Å². The molecule has 3 rings (SSSR count). The Bertz CT molecular complexity index is 600. The molecule has 0 aromatic heterocycles. The smallest absolute Gasteiger partial charge is 0.193 e. The molecule has 2 fully saturated rings. The second-order valence-corrected chi connectivity index (χ2v) is 7.46. The first-order valence-corrected chi connectivity index (χ1v) is 9.38. The van der Waals surface area contributed by atoms with Crippen molar-refractivity contribution >= 4 is 29.9 Å². The molecule has 0 amide bonds. The number of nitrogens with zero attached hydrogens (tertiary/aromatic N) is 2. The van der Waals surface area contributed by atoms with Crippen LogP contribution in [0, 0.1) is 11.7 Å². The molecule has 1 aliphatic carbocycles. The fraction of sp³-hybridized carbons (Fsp3) is 0.650. The van der Waals surface area contributed by atoms with Crippen molar-refractivity contribution in [2.45, 2.75) is 37.5 Å². The molecule has 6 heteroatoms. The lowest BCUT2D eigenvalue weighted by Gasteiger charge is -2.28. The molecule has 1 aromatic rings. The average molecular weight is 475 g/mol. The van der Waals surface area contributed by atoms with E-state index in [0.717, 1.165) is 56.6 Å².